The van der Waals surface area contributed by atoms with Crippen molar-refractivity contribution in [2.24, 2.45) is 0 Å². The highest BCUT2D eigenvalue weighted by Crippen LogP contribution is 2.30. The number of amides is 1. The van der Waals surface area contributed by atoms with Crippen molar-refractivity contribution < 1.29 is 27.5 Å². The van der Waals surface area contributed by atoms with Crippen molar-refractivity contribution in [2.75, 3.05) is 13.7 Å². The molecule has 1 heterocycles. The second kappa shape index (κ2) is 8.68. The van der Waals surface area contributed by atoms with Gasteiger partial charge in [0.2, 0.25) is 0 Å². The van der Waals surface area contributed by atoms with Crippen LogP contribution in [0.25, 0.3) is 0 Å². The lowest BCUT2D eigenvalue weighted by molar-refractivity contribution is -0.0512. The van der Waals surface area contributed by atoms with Crippen LogP contribution in [0.1, 0.15) is 22.5 Å². The van der Waals surface area contributed by atoms with Gasteiger partial charge in [-0.2, -0.15) is 14.0 Å². The first-order valence-electron chi connectivity index (χ1n) is 7.36. The standard InChI is InChI=1S/C17H16F2N2O4/c1-23-14-6-5-12(10-15(14)25-17(18)19)16(22)21(8-3-7-20)11-13-4-2-9-24-13/h2,4-6,9-10,17H,3,8,11H2,1H3. The highest BCUT2D eigenvalue weighted by Gasteiger charge is 2.20. The van der Waals surface area contributed by atoms with Gasteiger partial charge in [0.25, 0.3) is 5.91 Å². The Hall–Kier alpha value is -3.08. The van der Waals surface area contributed by atoms with Crippen LogP contribution in [0.15, 0.2) is 41.0 Å². The molecule has 0 saturated carbocycles. The Morgan fingerprint density at radius 1 is 1.36 bits per heavy atom. The fourth-order valence-electron chi connectivity index (χ4n) is 2.21. The van der Waals surface area contributed by atoms with Crippen LogP contribution >= 0.6 is 0 Å². The third kappa shape index (κ3) is 4.94. The average Bonchev–Trinajstić information content (AvgIpc) is 3.10. The molecule has 2 rings (SSSR count). The maximum atomic E-state index is 12.7. The van der Waals surface area contributed by atoms with Gasteiger partial charge >= 0.3 is 6.61 Å². The number of hydrogen-bond donors (Lipinski definition) is 0. The van der Waals surface area contributed by atoms with E-state index in [9.17, 15) is 13.6 Å². The van der Waals surface area contributed by atoms with Gasteiger partial charge in [0.1, 0.15) is 5.76 Å². The highest BCUT2D eigenvalue weighted by molar-refractivity contribution is 5.94. The average molecular weight is 350 g/mol. The number of nitriles is 1. The number of methoxy groups -OCH3 is 1. The lowest BCUT2D eigenvalue weighted by atomic mass is 10.1. The Balaban J connectivity index is 2.26. The van der Waals surface area contributed by atoms with E-state index >= 15 is 0 Å². The summed E-state index contributed by atoms with van der Waals surface area (Å²) in [6.07, 6.45) is 1.60. The Labute approximate surface area is 143 Å². The minimum Gasteiger partial charge on any atom is -0.493 e. The fraction of sp³-hybridized carbons (Fsp3) is 0.294. The number of furan rings is 1. The van der Waals surface area contributed by atoms with Crippen LogP contribution in [-0.2, 0) is 6.54 Å². The normalized spacial score (nSPS) is 10.4. The lowest BCUT2D eigenvalue weighted by Crippen LogP contribution is -2.31. The van der Waals surface area contributed by atoms with E-state index in [1.807, 2.05) is 6.07 Å². The predicted molar refractivity (Wildman–Crippen MR) is 83.3 cm³/mol. The van der Waals surface area contributed by atoms with Crippen LogP contribution in [0.4, 0.5) is 8.78 Å². The Morgan fingerprint density at radius 2 is 2.16 bits per heavy atom. The Morgan fingerprint density at radius 3 is 2.76 bits per heavy atom. The highest BCUT2D eigenvalue weighted by atomic mass is 19.3. The molecule has 0 atom stereocenters. The van der Waals surface area contributed by atoms with E-state index in [-0.39, 0.29) is 36.6 Å². The van der Waals surface area contributed by atoms with Crippen molar-refractivity contribution in [3.05, 3.63) is 47.9 Å². The van der Waals surface area contributed by atoms with Gasteiger partial charge in [0.05, 0.1) is 32.4 Å². The first-order valence-corrected chi connectivity index (χ1v) is 7.36. The smallest absolute Gasteiger partial charge is 0.387 e. The van der Waals surface area contributed by atoms with Crippen LogP contribution in [0.2, 0.25) is 0 Å². The van der Waals surface area contributed by atoms with Crippen LogP contribution in [0.3, 0.4) is 0 Å². The quantitative estimate of drug-likeness (QED) is 0.729. The molecule has 0 spiro atoms. The number of nitrogens with zero attached hydrogens (tertiary/aromatic N) is 2. The summed E-state index contributed by atoms with van der Waals surface area (Å²) in [5, 5.41) is 8.77. The number of hydrogen-bond acceptors (Lipinski definition) is 5. The lowest BCUT2D eigenvalue weighted by Gasteiger charge is -2.21. The van der Waals surface area contributed by atoms with E-state index in [0.29, 0.717) is 5.76 Å². The molecule has 0 bridgehead atoms. The van der Waals surface area contributed by atoms with Gasteiger partial charge < -0.3 is 18.8 Å². The second-order valence-corrected chi connectivity index (χ2v) is 4.96. The number of carbonyl (C=O) groups excluding carboxylic acids is 1. The maximum Gasteiger partial charge on any atom is 0.387 e. The molecule has 0 aliphatic carbocycles. The molecule has 1 aromatic heterocycles. The zero-order valence-corrected chi connectivity index (χ0v) is 13.4. The summed E-state index contributed by atoms with van der Waals surface area (Å²) in [6.45, 7) is -2.71. The van der Waals surface area contributed by atoms with Crippen molar-refractivity contribution in [2.45, 2.75) is 19.6 Å². The van der Waals surface area contributed by atoms with Gasteiger partial charge in [-0.1, -0.05) is 0 Å². The van der Waals surface area contributed by atoms with Crippen LogP contribution in [-0.4, -0.2) is 31.1 Å². The summed E-state index contributed by atoms with van der Waals surface area (Å²) in [4.78, 5) is 14.1. The van der Waals surface area contributed by atoms with Crippen LogP contribution < -0.4 is 9.47 Å². The molecule has 0 radical (unpaired) electrons. The summed E-state index contributed by atoms with van der Waals surface area (Å²) in [7, 11) is 1.31. The van der Waals surface area contributed by atoms with Crippen molar-refractivity contribution >= 4 is 5.91 Å². The zero-order chi connectivity index (χ0) is 18.2. The van der Waals surface area contributed by atoms with Gasteiger partial charge in [0.15, 0.2) is 11.5 Å². The second-order valence-electron chi connectivity index (χ2n) is 4.96. The van der Waals surface area contributed by atoms with Crippen molar-refractivity contribution in [3.63, 3.8) is 0 Å². The molecule has 6 nitrogen and oxygen atoms in total. The molecule has 0 unspecified atom stereocenters. The van der Waals surface area contributed by atoms with Crippen LogP contribution in [0.5, 0.6) is 11.5 Å². The van der Waals surface area contributed by atoms with Crippen molar-refractivity contribution in [1.29, 1.82) is 5.26 Å². The first kappa shape index (κ1) is 18.3. The molecular weight excluding hydrogens is 334 g/mol. The summed E-state index contributed by atoms with van der Waals surface area (Å²) in [6, 6.07) is 9.37. The van der Waals surface area contributed by atoms with E-state index in [0.717, 1.165) is 0 Å². The molecule has 0 saturated heterocycles. The molecule has 132 valence electrons. The van der Waals surface area contributed by atoms with Gasteiger partial charge in [0, 0.05) is 12.1 Å². The number of benzene rings is 1. The SMILES string of the molecule is COc1ccc(C(=O)N(CCC#N)Cc2ccco2)cc1OC(F)F. The molecular formula is C17H16F2N2O4. The molecule has 0 aliphatic rings. The molecule has 2 aromatic rings. The summed E-state index contributed by atoms with van der Waals surface area (Å²) in [5.41, 5.74) is 0.140. The molecule has 1 aromatic carbocycles. The number of rotatable bonds is 8. The van der Waals surface area contributed by atoms with Crippen molar-refractivity contribution in [1.82, 2.24) is 4.90 Å². The summed E-state index contributed by atoms with van der Waals surface area (Å²) < 4.78 is 39.6. The molecule has 1 amide bonds. The summed E-state index contributed by atoms with van der Waals surface area (Å²) >= 11 is 0. The van der Waals surface area contributed by atoms with E-state index in [1.54, 1.807) is 12.1 Å². The van der Waals surface area contributed by atoms with Gasteiger partial charge in [-0.25, -0.2) is 0 Å². The number of halogens is 2. The zero-order valence-electron chi connectivity index (χ0n) is 13.4. The summed E-state index contributed by atoms with van der Waals surface area (Å²) in [5.74, 6) is -0.0367. The number of ether oxygens (including phenoxy) is 2. The number of alkyl halides is 2. The van der Waals surface area contributed by atoms with E-state index < -0.39 is 12.5 Å². The molecule has 25 heavy (non-hydrogen) atoms. The Bertz CT molecular complexity index is 742. The largest absolute Gasteiger partial charge is 0.493 e. The topological polar surface area (TPSA) is 75.7 Å². The molecule has 0 N–H and O–H groups in total. The minimum absolute atomic E-state index is 0.0893. The molecule has 0 aliphatic heterocycles. The minimum atomic E-state index is -3.04. The molecule has 8 heteroatoms. The predicted octanol–water partition coefficient (Wildman–Crippen LogP) is 3.45. The fourth-order valence-corrected chi connectivity index (χ4v) is 2.21. The van der Waals surface area contributed by atoms with Gasteiger partial charge in [-0.05, 0) is 30.3 Å². The monoisotopic (exact) mass is 350 g/mol. The van der Waals surface area contributed by atoms with Gasteiger partial charge in [-0.3, -0.25) is 4.79 Å². The molecule has 0 fully saturated rings. The van der Waals surface area contributed by atoms with E-state index in [2.05, 4.69) is 4.74 Å². The van der Waals surface area contributed by atoms with E-state index in [4.69, 9.17) is 14.4 Å². The third-order valence-corrected chi connectivity index (χ3v) is 3.33. The van der Waals surface area contributed by atoms with Crippen LogP contribution in [0, 0.1) is 11.3 Å². The van der Waals surface area contributed by atoms with Crippen molar-refractivity contribution in [3.8, 4) is 17.6 Å². The Kier molecular flexibility index (Phi) is 6.34. The first-order chi connectivity index (χ1) is 12.0. The number of carbonyl (C=O) groups is 1. The van der Waals surface area contributed by atoms with E-state index in [1.165, 1.54) is 36.5 Å². The third-order valence-electron chi connectivity index (χ3n) is 3.33. The maximum absolute atomic E-state index is 12.7. The van der Waals surface area contributed by atoms with Gasteiger partial charge in [-0.15, -0.1) is 0 Å².